The van der Waals surface area contributed by atoms with E-state index in [1.54, 1.807) is 6.92 Å². The molecule has 1 aromatic rings. The molecule has 0 bridgehead atoms. The second-order valence-corrected chi connectivity index (χ2v) is 6.34. The van der Waals surface area contributed by atoms with Crippen molar-refractivity contribution >= 4 is 17.8 Å². The Morgan fingerprint density at radius 3 is 2.28 bits per heavy atom. The fraction of sp³-hybridized carbons (Fsp3) is 0.526. The summed E-state index contributed by atoms with van der Waals surface area (Å²) in [5.41, 5.74) is 0.885. The van der Waals surface area contributed by atoms with Crippen LogP contribution in [0.4, 0.5) is 0 Å². The summed E-state index contributed by atoms with van der Waals surface area (Å²) in [7, 11) is 1.31. The minimum Gasteiger partial charge on any atom is -0.469 e. The lowest BCUT2D eigenvalue weighted by molar-refractivity contribution is -0.151. The zero-order valence-electron chi connectivity index (χ0n) is 15.3. The van der Waals surface area contributed by atoms with Gasteiger partial charge in [-0.25, -0.2) is 4.79 Å². The molecule has 0 aliphatic carbocycles. The van der Waals surface area contributed by atoms with Crippen LogP contribution >= 0.6 is 0 Å². The lowest BCUT2D eigenvalue weighted by atomic mass is 10.0. The van der Waals surface area contributed by atoms with E-state index in [9.17, 15) is 14.4 Å². The lowest BCUT2D eigenvalue weighted by Crippen LogP contribution is -2.47. The van der Waals surface area contributed by atoms with E-state index in [-0.39, 0.29) is 30.8 Å². The number of rotatable bonds is 9. The molecule has 6 nitrogen and oxygen atoms in total. The molecule has 0 fully saturated rings. The lowest BCUT2D eigenvalue weighted by Gasteiger charge is -2.22. The monoisotopic (exact) mass is 349 g/mol. The molecule has 2 atom stereocenters. The van der Waals surface area contributed by atoms with Gasteiger partial charge in [0.2, 0.25) is 5.91 Å². The Hall–Kier alpha value is -2.37. The largest absolute Gasteiger partial charge is 0.469 e. The molecule has 0 saturated carbocycles. The van der Waals surface area contributed by atoms with Gasteiger partial charge >= 0.3 is 11.9 Å². The van der Waals surface area contributed by atoms with Gasteiger partial charge in [-0.3, -0.25) is 9.59 Å². The van der Waals surface area contributed by atoms with Crippen LogP contribution in [0.1, 0.15) is 39.2 Å². The van der Waals surface area contributed by atoms with Crippen LogP contribution in [0.2, 0.25) is 0 Å². The van der Waals surface area contributed by atoms with E-state index in [4.69, 9.17) is 4.74 Å². The van der Waals surface area contributed by atoms with Gasteiger partial charge in [0.05, 0.1) is 7.11 Å². The highest BCUT2D eigenvalue weighted by Crippen LogP contribution is 2.11. The topological polar surface area (TPSA) is 81.7 Å². The number of amides is 1. The molecule has 1 aromatic carbocycles. The van der Waals surface area contributed by atoms with Crippen LogP contribution in [0.15, 0.2) is 30.3 Å². The van der Waals surface area contributed by atoms with Gasteiger partial charge < -0.3 is 14.8 Å². The first-order valence-electron chi connectivity index (χ1n) is 8.42. The molecule has 138 valence electrons. The summed E-state index contributed by atoms with van der Waals surface area (Å²) in [5.74, 6) is -1.61. The van der Waals surface area contributed by atoms with Crippen molar-refractivity contribution < 1.29 is 23.9 Å². The van der Waals surface area contributed by atoms with Crippen molar-refractivity contribution in [2.45, 2.75) is 46.3 Å². The van der Waals surface area contributed by atoms with Crippen LogP contribution < -0.4 is 5.32 Å². The van der Waals surface area contributed by atoms with Crippen LogP contribution in [0.3, 0.4) is 0 Å². The number of hydrogen-bond acceptors (Lipinski definition) is 5. The number of ether oxygens (including phenoxy) is 2. The van der Waals surface area contributed by atoms with Gasteiger partial charge in [0.15, 0.2) is 0 Å². The Morgan fingerprint density at radius 1 is 1.08 bits per heavy atom. The molecule has 0 heterocycles. The molecule has 0 aromatic heterocycles. The van der Waals surface area contributed by atoms with Gasteiger partial charge in [-0.05, 0) is 17.9 Å². The fourth-order valence-corrected chi connectivity index (χ4v) is 2.18. The average Bonchev–Trinajstić information content (AvgIpc) is 2.62. The number of esters is 2. The van der Waals surface area contributed by atoms with Gasteiger partial charge in [0.1, 0.15) is 12.6 Å². The molecule has 1 amide bonds. The van der Waals surface area contributed by atoms with Crippen LogP contribution in [0.25, 0.3) is 0 Å². The summed E-state index contributed by atoms with van der Waals surface area (Å²) in [5, 5.41) is 2.73. The van der Waals surface area contributed by atoms with E-state index >= 15 is 0 Å². The first-order chi connectivity index (χ1) is 11.8. The van der Waals surface area contributed by atoms with Crippen LogP contribution in [-0.4, -0.2) is 31.0 Å². The van der Waals surface area contributed by atoms with E-state index in [0.717, 1.165) is 5.56 Å². The number of nitrogens with one attached hydrogen (secondary N) is 1. The van der Waals surface area contributed by atoms with Crippen LogP contribution in [0.5, 0.6) is 0 Å². The number of methoxy groups -OCH3 is 1. The smallest absolute Gasteiger partial charge is 0.329 e. The van der Waals surface area contributed by atoms with Crippen molar-refractivity contribution in [2.75, 3.05) is 7.11 Å². The zero-order chi connectivity index (χ0) is 18.8. The molecule has 1 rings (SSSR count). The fourth-order valence-electron chi connectivity index (χ4n) is 2.18. The molecule has 0 aliphatic rings. The normalized spacial score (nSPS) is 13.0. The van der Waals surface area contributed by atoms with E-state index < -0.39 is 17.9 Å². The first kappa shape index (κ1) is 20.7. The Labute approximate surface area is 148 Å². The summed E-state index contributed by atoms with van der Waals surface area (Å²) < 4.78 is 9.89. The van der Waals surface area contributed by atoms with E-state index in [1.807, 2.05) is 44.2 Å². The molecule has 25 heavy (non-hydrogen) atoms. The third-order valence-corrected chi connectivity index (χ3v) is 3.90. The predicted octanol–water partition coefficient (Wildman–Crippen LogP) is 2.46. The summed E-state index contributed by atoms with van der Waals surface area (Å²) in [6, 6.07) is 8.63. The van der Waals surface area contributed by atoms with Crippen molar-refractivity contribution in [3.8, 4) is 0 Å². The first-order valence-corrected chi connectivity index (χ1v) is 8.42. The maximum absolute atomic E-state index is 12.3. The molecule has 0 radical (unpaired) electrons. The van der Waals surface area contributed by atoms with Gasteiger partial charge in [0.25, 0.3) is 0 Å². The number of benzene rings is 1. The van der Waals surface area contributed by atoms with Crippen molar-refractivity contribution in [1.29, 1.82) is 0 Å². The maximum Gasteiger partial charge on any atom is 0.329 e. The van der Waals surface area contributed by atoms with Gasteiger partial charge in [-0.2, -0.15) is 0 Å². The zero-order valence-corrected chi connectivity index (χ0v) is 15.3. The van der Waals surface area contributed by atoms with Crippen molar-refractivity contribution in [2.24, 2.45) is 11.8 Å². The SMILES string of the molecule is COC(=O)CCC(C)C(=O)N[C@H](C(=O)OCc1ccccc1)C(C)C. The number of carbonyl (C=O) groups is 3. The maximum atomic E-state index is 12.3. The average molecular weight is 349 g/mol. The highest BCUT2D eigenvalue weighted by atomic mass is 16.5. The minimum atomic E-state index is -0.725. The van der Waals surface area contributed by atoms with E-state index in [2.05, 4.69) is 10.1 Å². The summed E-state index contributed by atoms with van der Waals surface area (Å²) in [6.07, 6.45) is 0.526. The van der Waals surface area contributed by atoms with E-state index in [0.29, 0.717) is 6.42 Å². The Kier molecular flexibility index (Phi) is 8.67. The predicted molar refractivity (Wildman–Crippen MR) is 93.4 cm³/mol. The van der Waals surface area contributed by atoms with Crippen molar-refractivity contribution in [3.63, 3.8) is 0 Å². The van der Waals surface area contributed by atoms with Gasteiger partial charge in [-0.15, -0.1) is 0 Å². The second-order valence-electron chi connectivity index (χ2n) is 6.34. The summed E-state index contributed by atoms with van der Waals surface area (Å²) >= 11 is 0. The summed E-state index contributed by atoms with van der Waals surface area (Å²) in [4.78, 5) is 35.8. The minimum absolute atomic E-state index is 0.111. The third-order valence-electron chi connectivity index (χ3n) is 3.90. The highest BCUT2D eigenvalue weighted by Gasteiger charge is 2.27. The van der Waals surface area contributed by atoms with Crippen LogP contribution in [0, 0.1) is 11.8 Å². The quantitative estimate of drug-likeness (QED) is 0.693. The van der Waals surface area contributed by atoms with Crippen LogP contribution in [-0.2, 0) is 30.5 Å². The van der Waals surface area contributed by atoms with E-state index in [1.165, 1.54) is 7.11 Å². The molecule has 1 N–H and O–H groups in total. The second kappa shape index (κ2) is 10.5. The molecule has 0 saturated heterocycles. The standard InChI is InChI=1S/C19H27NO5/c1-13(2)17(19(23)25-12-15-8-6-5-7-9-15)20-18(22)14(3)10-11-16(21)24-4/h5-9,13-14,17H,10-12H2,1-4H3,(H,20,22)/t14?,17-/m0/s1. The van der Waals surface area contributed by atoms with Crippen molar-refractivity contribution in [3.05, 3.63) is 35.9 Å². The number of carbonyl (C=O) groups excluding carboxylic acids is 3. The molecular formula is C19H27NO5. The molecule has 0 aliphatic heterocycles. The Balaban J connectivity index is 2.55. The summed E-state index contributed by atoms with van der Waals surface area (Å²) in [6.45, 7) is 5.56. The Bertz CT molecular complexity index is 570. The van der Waals surface area contributed by atoms with Gasteiger partial charge in [-0.1, -0.05) is 51.1 Å². The van der Waals surface area contributed by atoms with Crippen molar-refractivity contribution in [1.82, 2.24) is 5.32 Å². The highest BCUT2D eigenvalue weighted by molar-refractivity contribution is 5.86. The molecular weight excluding hydrogens is 322 g/mol. The Morgan fingerprint density at radius 2 is 1.72 bits per heavy atom. The van der Waals surface area contributed by atoms with Gasteiger partial charge in [0, 0.05) is 12.3 Å². The third kappa shape index (κ3) is 7.37. The molecule has 0 spiro atoms. The molecule has 1 unspecified atom stereocenters. The number of hydrogen-bond donors (Lipinski definition) is 1. The molecule has 6 heteroatoms.